The predicted molar refractivity (Wildman–Crippen MR) is 94.5 cm³/mol. The molecule has 26 heavy (non-hydrogen) atoms. The van der Waals surface area contributed by atoms with E-state index in [1.165, 1.54) is 5.69 Å². The van der Waals surface area contributed by atoms with Crippen LogP contribution in [0.4, 0.5) is 0 Å². The first-order chi connectivity index (χ1) is 12.6. The van der Waals surface area contributed by atoms with Crippen LogP contribution in [0.3, 0.4) is 0 Å². The first-order valence-corrected chi connectivity index (χ1v) is 9.55. The van der Waals surface area contributed by atoms with E-state index in [0.717, 1.165) is 49.1 Å². The average Bonchev–Trinajstić information content (AvgIpc) is 3.29. The molecule has 2 bridgehead atoms. The first kappa shape index (κ1) is 15.8. The Bertz CT molecular complexity index is 905. The number of carbonyl (C=O) groups excluding carboxylic acids is 2. The molecule has 0 N–H and O–H groups in total. The molecular formula is C19H23N5O2. The number of fused-ring (bicyclic) bond motifs is 6. The maximum Gasteiger partial charge on any atom is 0.225 e. The zero-order valence-electron chi connectivity index (χ0n) is 15.0. The summed E-state index contributed by atoms with van der Waals surface area (Å²) in [7, 11) is 0. The summed E-state index contributed by atoms with van der Waals surface area (Å²) in [6.07, 6.45) is 6.74. The fourth-order valence-electron chi connectivity index (χ4n) is 4.88. The van der Waals surface area contributed by atoms with Gasteiger partial charge < -0.3 is 9.80 Å². The van der Waals surface area contributed by atoms with Gasteiger partial charge in [-0.05, 0) is 26.2 Å². The van der Waals surface area contributed by atoms with Gasteiger partial charge in [-0.1, -0.05) is 0 Å². The molecule has 2 saturated heterocycles. The SMILES string of the molecule is Cc1cc2ncc3c(n2n1)C[C@@H]1CC[C@@H]3N1C(=O)CCN1CCCC1=O. The molecule has 7 nitrogen and oxygen atoms in total. The Morgan fingerprint density at radius 3 is 3.04 bits per heavy atom. The number of hydrogen-bond donors (Lipinski definition) is 0. The lowest BCUT2D eigenvalue weighted by Crippen LogP contribution is -2.44. The zero-order chi connectivity index (χ0) is 17.8. The molecule has 2 atom stereocenters. The van der Waals surface area contributed by atoms with E-state index < -0.39 is 0 Å². The van der Waals surface area contributed by atoms with Crippen molar-refractivity contribution in [3.63, 3.8) is 0 Å². The summed E-state index contributed by atoms with van der Waals surface area (Å²) in [6.45, 7) is 3.33. The molecule has 2 amide bonds. The minimum absolute atomic E-state index is 0.104. The molecule has 2 fully saturated rings. The Morgan fingerprint density at radius 1 is 1.35 bits per heavy atom. The molecule has 0 aliphatic carbocycles. The lowest BCUT2D eigenvalue weighted by molar-refractivity contribution is -0.135. The number of aromatic nitrogens is 3. The monoisotopic (exact) mass is 353 g/mol. The number of likely N-dealkylation sites (tertiary alicyclic amines) is 1. The second-order valence-electron chi connectivity index (χ2n) is 7.70. The summed E-state index contributed by atoms with van der Waals surface area (Å²) in [5, 5.41) is 4.60. The van der Waals surface area contributed by atoms with Gasteiger partial charge in [0.2, 0.25) is 11.8 Å². The third-order valence-electron chi connectivity index (χ3n) is 6.08. The van der Waals surface area contributed by atoms with E-state index in [1.54, 1.807) is 0 Å². The van der Waals surface area contributed by atoms with Crippen molar-refractivity contribution in [3.8, 4) is 0 Å². The van der Waals surface area contributed by atoms with Crippen LogP contribution >= 0.6 is 0 Å². The van der Waals surface area contributed by atoms with Crippen molar-refractivity contribution in [2.45, 2.75) is 57.5 Å². The van der Waals surface area contributed by atoms with E-state index in [4.69, 9.17) is 0 Å². The molecule has 7 heteroatoms. The van der Waals surface area contributed by atoms with Gasteiger partial charge in [0.15, 0.2) is 5.65 Å². The van der Waals surface area contributed by atoms with Gasteiger partial charge in [-0.2, -0.15) is 5.10 Å². The Kier molecular flexibility index (Phi) is 3.52. The number of carbonyl (C=O) groups is 2. The van der Waals surface area contributed by atoms with Gasteiger partial charge in [0, 0.05) is 56.2 Å². The fraction of sp³-hybridized carbons (Fsp3) is 0.579. The first-order valence-electron chi connectivity index (χ1n) is 9.55. The van der Waals surface area contributed by atoms with Gasteiger partial charge in [-0.25, -0.2) is 9.50 Å². The van der Waals surface area contributed by atoms with E-state index in [1.807, 2.05) is 28.6 Å². The second-order valence-corrected chi connectivity index (χ2v) is 7.70. The fourth-order valence-corrected chi connectivity index (χ4v) is 4.88. The van der Waals surface area contributed by atoms with Gasteiger partial charge in [-0.15, -0.1) is 0 Å². The number of nitrogens with zero attached hydrogens (tertiary/aromatic N) is 5. The molecular weight excluding hydrogens is 330 g/mol. The van der Waals surface area contributed by atoms with Crippen LogP contribution in [0.15, 0.2) is 12.3 Å². The standard InChI is InChI=1S/C19H23N5O2/c1-12-9-17-20-11-14-15-5-4-13(10-16(14)24(17)21-12)23(15)19(26)6-8-22-7-2-3-18(22)25/h9,11,13,15H,2-8,10H2,1H3/t13-,15-/m0/s1. The van der Waals surface area contributed by atoms with Crippen molar-refractivity contribution in [2.75, 3.05) is 13.1 Å². The lowest BCUT2D eigenvalue weighted by Gasteiger charge is -2.36. The summed E-state index contributed by atoms with van der Waals surface area (Å²) in [4.78, 5) is 33.2. The van der Waals surface area contributed by atoms with Crippen LogP contribution in [-0.2, 0) is 16.0 Å². The van der Waals surface area contributed by atoms with Crippen LogP contribution in [-0.4, -0.2) is 55.3 Å². The molecule has 2 aromatic rings. The largest absolute Gasteiger partial charge is 0.342 e. The lowest BCUT2D eigenvalue weighted by atomic mass is 9.98. The van der Waals surface area contributed by atoms with Crippen LogP contribution in [0.2, 0.25) is 0 Å². The Labute approximate surface area is 152 Å². The van der Waals surface area contributed by atoms with Crippen LogP contribution in [0.5, 0.6) is 0 Å². The third kappa shape index (κ3) is 2.33. The van der Waals surface area contributed by atoms with Crippen molar-refractivity contribution in [1.29, 1.82) is 0 Å². The third-order valence-corrected chi connectivity index (χ3v) is 6.08. The summed E-state index contributed by atoms with van der Waals surface area (Å²) >= 11 is 0. The second kappa shape index (κ2) is 5.79. The molecule has 5 heterocycles. The summed E-state index contributed by atoms with van der Waals surface area (Å²) in [5.74, 6) is 0.352. The molecule has 5 rings (SSSR count). The molecule has 0 radical (unpaired) electrons. The summed E-state index contributed by atoms with van der Waals surface area (Å²) in [6, 6.07) is 2.34. The quantitative estimate of drug-likeness (QED) is 0.841. The minimum atomic E-state index is 0.104. The smallest absolute Gasteiger partial charge is 0.225 e. The molecule has 0 spiro atoms. The van der Waals surface area contributed by atoms with Crippen molar-refractivity contribution < 1.29 is 9.59 Å². The number of hydrogen-bond acceptors (Lipinski definition) is 4. The molecule has 136 valence electrons. The molecule has 0 saturated carbocycles. The van der Waals surface area contributed by atoms with E-state index >= 15 is 0 Å². The summed E-state index contributed by atoms with van der Waals surface area (Å²) in [5.41, 5.74) is 4.19. The molecule has 0 unspecified atom stereocenters. The van der Waals surface area contributed by atoms with Gasteiger partial charge in [-0.3, -0.25) is 9.59 Å². The van der Waals surface area contributed by atoms with Gasteiger partial charge in [0.1, 0.15) is 0 Å². The highest BCUT2D eigenvalue weighted by Gasteiger charge is 2.43. The highest BCUT2D eigenvalue weighted by molar-refractivity contribution is 5.81. The highest BCUT2D eigenvalue weighted by Crippen LogP contribution is 2.43. The van der Waals surface area contributed by atoms with Crippen LogP contribution < -0.4 is 0 Å². The van der Waals surface area contributed by atoms with Crippen molar-refractivity contribution in [1.82, 2.24) is 24.4 Å². The van der Waals surface area contributed by atoms with Crippen molar-refractivity contribution in [3.05, 3.63) is 29.2 Å². The Hall–Kier alpha value is -2.44. The average molecular weight is 353 g/mol. The van der Waals surface area contributed by atoms with Crippen molar-refractivity contribution >= 4 is 17.5 Å². The predicted octanol–water partition coefficient (Wildman–Crippen LogP) is 1.64. The van der Waals surface area contributed by atoms with Gasteiger partial charge in [0.25, 0.3) is 0 Å². The van der Waals surface area contributed by atoms with Crippen LogP contribution in [0.25, 0.3) is 5.65 Å². The van der Waals surface area contributed by atoms with E-state index in [9.17, 15) is 9.59 Å². The maximum absolute atomic E-state index is 12.9. The highest BCUT2D eigenvalue weighted by atomic mass is 16.2. The van der Waals surface area contributed by atoms with Crippen molar-refractivity contribution in [2.24, 2.45) is 0 Å². The number of aryl methyl sites for hydroxylation is 1. The van der Waals surface area contributed by atoms with Gasteiger partial charge in [0.05, 0.1) is 17.4 Å². The molecule has 3 aliphatic heterocycles. The normalized spacial score (nSPS) is 24.6. The number of amides is 2. The molecule has 0 aromatic carbocycles. The topological polar surface area (TPSA) is 70.8 Å². The van der Waals surface area contributed by atoms with E-state index in [-0.39, 0.29) is 23.9 Å². The molecule has 3 aliphatic rings. The summed E-state index contributed by atoms with van der Waals surface area (Å²) < 4.78 is 1.96. The van der Waals surface area contributed by atoms with E-state index in [2.05, 4.69) is 15.0 Å². The maximum atomic E-state index is 12.9. The zero-order valence-corrected chi connectivity index (χ0v) is 15.0. The van der Waals surface area contributed by atoms with E-state index in [0.29, 0.717) is 19.4 Å². The van der Waals surface area contributed by atoms with Crippen LogP contribution in [0.1, 0.15) is 55.1 Å². The minimum Gasteiger partial charge on any atom is -0.342 e. The molecule has 2 aromatic heterocycles. The Balaban J connectivity index is 1.39. The van der Waals surface area contributed by atoms with Crippen LogP contribution in [0, 0.1) is 6.92 Å². The number of rotatable bonds is 3. The van der Waals surface area contributed by atoms with Gasteiger partial charge >= 0.3 is 0 Å². The Morgan fingerprint density at radius 2 is 2.23 bits per heavy atom.